The Morgan fingerprint density at radius 3 is 1.50 bits per heavy atom. The van der Waals surface area contributed by atoms with Gasteiger partial charge in [0.2, 0.25) is 0 Å². The summed E-state index contributed by atoms with van der Waals surface area (Å²) in [6, 6.07) is 65.2. The molecule has 3 heteroatoms. The average molecular weight is 690 g/mol. The van der Waals surface area contributed by atoms with Crippen LogP contribution >= 0.6 is 0 Å². The summed E-state index contributed by atoms with van der Waals surface area (Å²) in [4.78, 5) is 9.53. The van der Waals surface area contributed by atoms with E-state index >= 15 is 0 Å². The molecule has 1 atom stereocenters. The number of hydrogen-bond donors (Lipinski definition) is 1. The average Bonchev–Trinajstić information content (AvgIpc) is 3.27. The van der Waals surface area contributed by atoms with Gasteiger partial charge >= 0.3 is 0 Å². The first-order valence-electron chi connectivity index (χ1n) is 18.4. The Bertz CT molecular complexity index is 2820. The SMILES string of the molecule is C1=C(c2ccc(-c3cccnc3)cc2)N=C(c2ccc(-c3ccc4c5ccccc5c5ccccc5c4c3)cc2)NC1c1ccc(-c2ccccc2)cc1. The maximum Gasteiger partial charge on any atom is 0.134 e. The van der Waals surface area contributed by atoms with Crippen molar-refractivity contribution in [1.29, 1.82) is 0 Å². The molecule has 9 aromatic rings. The fraction of sp³-hybridized carbons (Fsp3) is 0.0196. The van der Waals surface area contributed by atoms with Gasteiger partial charge in [0.05, 0.1) is 11.7 Å². The van der Waals surface area contributed by atoms with E-state index in [1.54, 1.807) is 6.20 Å². The van der Waals surface area contributed by atoms with Gasteiger partial charge in [-0.15, -0.1) is 0 Å². The molecule has 1 aromatic heterocycles. The zero-order valence-electron chi connectivity index (χ0n) is 29.5. The maximum absolute atomic E-state index is 5.23. The van der Waals surface area contributed by atoms with Crippen LogP contribution in [0.25, 0.3) is 71.4 Å². The largest absolute Gasteiger partial charge is 0.359 e. The second-order valence-electron chi connectivity index (χ2n) is 13.9. The Morgan fingerprint density at radius 2 is 0.852 bits per heavy atom. The molecule has 0 spiro atoms. The molecule has 8 aromatic carbocycles. The zero-order chi connectivity index (χ0) is 35.8. The molecule has 2 heterocycles. The number of fused-ring (bicyclic) bond motifs is 6. The van der Waals surface area contributed by atoms with Gasteiger partial charge in [0.15, 0.2) is 0 Å². The summed E-state index contributed by atoms with van der Waals surface area (Å²) in [6.07, 6.45) is 5.94. The van der Waals surface area contributed by atoms with Gasteiger partial charge < -0.3 is 5.32 Å². The summed E-state index contributed by atoms with van der Waals surface area (Å²) in [5.74, 6) is 0.850. The lowest BCUT2D eigenvalue weighted by molar-refractivity contribution is 0.781. The fourth-order valence-corrected chi connectivity index (χ4v) is 7.81. The molecule has 0 fully saturated rings. The number of rotatable bonds is 6. The van der Waals surface area contributed by atoms with Gasteiger partial charge in [0.25, 0.3) is 0 Å². The van der Waals surface area contributed by atoms with Crippen LogP contribution < -0.4 is 5.32 Å². The minimum atomic E-state index is -0.0569. The Labute approximate surface area is 314 Å². The van der Waals surface area contributed by atoms with Crippen LogP contribution in [0.2, 0.25) is 0 Å². The van der Waals surface area contributed by atoms with Crippen LogP contribution in [0.4, 0.5) is 0 Å². The van der Waals surface area contributed by atoms with E-state index in [-0.39, 0.29) is 6.04 Å². The molecule has 0 bridgehead atoms. The van der Waals surface area contributed by atoms with Crippen molar-refractivity contribution >= 4 is 43.9 Å². The summed E-state index contributed by atoms with van der Waals surface area (Å²) in [5.41, 5.74) is 11.2. The van der Waals surface area contributed by atoms with Crippen LogP contribution in [0.3, 0.4) is 0 Å². The van der Waals surface area contributed by atoms with Crippen LogP contribution in [0.15, 0.2) is 205 Å². The summed E-state index contributed by atoms with van der Waals surface area (Å²) >= 11 is 0. The van der Waals surface area contributed by atoms with Crippen molar-refractivity contribution in [2.75, 3.05) is 0 Å². The molecule has 1 N–H and O–H groups in total. The van der Waals surface area contributed by atoms with Crippen molar-refractivity contribution in [3.8, 4) is 33.4 Å². The normalized spacial score (nSPS) is 14.1. The second-order valence-corrected chi connectivity index (χ2v) is 13.9. The molecule has 1 aliphatic heterocycles. The molecule has 0 saturated heterocycles. The minimum absolute atomic E-state index is 0.0569. The van der Waals surface area contributed by atoms with E-state index in [4.69, 9.17) is 4.99 Å². The van der Waals surface area contributed by atoms with Gasteiger partial charge in [-0.1, -0.05) is 170 Å². The Kier molecular flexibility index (Phi) is 7.88. The molecular formula is C51H35N3. The standard InChI is InChI=1S/C51H35N3/c1-2-9-34(10-3-1)35-16-22-38(23-17-35)49-32-50(39-24-18-37(19-25-39)42-11-8-30-52-33-42)54-51(53-49)40-26-20-36(21-27-40)41-28-29-47-45-14-5-4-12-43(45)44-13-6-7-15-46(44)48(47)31-41/h1-33,49H,(H,53,54). The van der Waals surface area contributed by atoms with E-state index in [1.165, 1.54) is 60.1 Å². The molecule has 0 aliphatic carbocycles. The Balaban J connectivity index is 1.01. The van der Waals surface area contributed by atoms with Crippen molar-refractivity contribution < 1.29 is 0 Å². The van der Waals surface area contributed by atoms with Crippen molar-refractivity contribution in [2.24, 2.45) is 4.99 Å². The summed E-state index contributed by atoms with van der Waals surface area (Å²) in [7, 11) is 0. The van der Waals surface area contributed by atoms with Gasteiger partial charge in [-0.25, -0.2) is 4.99 Å². The van der Waals surface area contributed by atoms with Crippen LogP contribution in [-0.4, -0.2) is 10.8 Å². The van der Waals surface area contributed by atoms with Crippen molar-refractivity contribution in [3.05, 3.63) is 217 Å². The molecule has 0 saturated carbocycles. The molecule has 0 radical (unpaired) electrons. The molecule has 1 aliphatic rings. The van der Waals surface area contributed by atoms with E-state index in [0.29, 0.717) is 0 Å². The third-order valence-corrected chi connectivity index (χ3v) is 10.6. The number of benzene rings is 8. The highest BCUT2D eigenvalue weighted by atomic mass is 15.0. The molecule has 10 rings (SSSR count). The summed E-state index contributed by atoms with van der Waals surface area (Å²) in [5, 5.41) is 11.5. The smallest absolute Gasteiger partial charge is 0.134 e. The molecule has 1 unspecified atom stereocenters. The number of aliphatic imine (C=N–C) groups is 1. The van der Waals surface area contributed by atoms with E-state index in [1.807, 2.05) is 12.3 Å². The van der Waals surface area contributed by atoms with E-state index in [0.717, 1.165) is 33.8 Å². The second kappa shape index (κ2) is 13.5. The van der Waals surface area contributed by atoms with Crippen molar-refractivity contribution in [1.82, 2.24) is 10.3 Å². The van der Waals surface area contributed by atoms with Crippen LogP contribution in [0, 0.1) is 0 Å². The lowest BCUT2D eigenvalue weighted by atomic mass is 9.92. The first-order chi connectivity index (χ1) is 26.7. The van der Waals surface area contributed by atoms with Crippen molar-refractivity contribution in [3.63, 3.8) is 0 Å². The van der Waals surface area contributed by atoms with E-state index in [2.05, 4.69) is 192 Å². The maximum atomic E-state index is 5.23. The topological polar surface area (TPSA) is 37.3 Å². The van der Waals surface area contributed by atoms with Crippen LogP contribution in [0.1, 0.15) is 22.7 Å². The predicted octanol–water partition coefficient (Wildman–Crippen LogP) is 12.7. The van der Waals surface area contributed by atoms with Gasteiger partial charge in [-0.3, -0.25) is 4.98 Å². The molecule has 54 heavy (non-hydrogen) atoms. The van der Waals surface area contributed by atoms with Gasteiger partial charge in [0.1, 0.15) is 5.84 Å². The van der Waals surface area contributed by atoms with Crippen LogP contribution in [-0.2, 0) is 0 Å². The Morgan fingerprint density at radius 1 is 0.370 bits per heavy atom. The van der Waals surface area contributed by atoms with Gasteiger partial charge in [-0.2, -0.15) is 0 Å². The van der Waals surface area contributed by atoms with E-state index < -0.39 is 0 Å². The van der Waals surface area contributed by atoms with Crippen molar-refractivity contribution in [2.45, 2.75) is 6.04 Å². The number of aromatic nitrogens is 1. The summed E-state index contributed by atoms with van der Waals surface area (Å²) < 4.78 is 0. The Hall–Kier alpha value is -7.10. The highest BCUT2D eigenvalue weighted by Gasteiger charge is 2.20. The molecular weight excluding hydrogens is 655 g/mol. The first-order valence-corrected chi connectivity index (χ1v) is 18.4. The van der Waals surface area contributed by atoms with E-state index in [9.17, 15) is 0 Å². The zero-order valence-corrected chi connectivity index (χ0v) is 29.5. The van der Waals surface area contributed by atoms with Gasteiger partial charge in [0, 0.05) is 18.0 Å². The monoisotopic (exact) mass is 689 g/mol. The molecule has 3 nitrogen and oxygen atoms in total. The number of pyridine rings is 1. The predicted molar refractivity (Wildman–Crippen MR) is 226 cm³/mol. The lowest BCUT2D eigenvalue weighted by Crippen LogP contribution is -2.31. The van der Waals surface area contributed by atoms with Gasteiger partial charge in [-0.05, 0) is 95.0 Å². The third kappa shape index (κ3) is 5.82. The molecule has 254 valence electrons. The number of nitrogens with zero attached hydrogens (tertiary/aromatic N) is 2. The molecule has 0 amide bonds. The minimum Gasteiger partial charge on any atom is -0.359 e. The first kappa shape index (κ1) is 31.6. The van der Waals surface area contributed by atoms with Crippen LogP contribution in [0.5, 0.6) is 0 Å². The number of amidine groups is 1. The lowest BCUT2D eigenvalue weighted by Gasteiger charge is -2.25. The highest BCUT2D eigenvalue weighted by Crippen LogP contribution is 2.37. The third-order valence-electron chi connectivity index (χ3n) is 10.6. The fourth-order valence-electron chi connectivity index (χ4n) is 7.81. The number of hydrogen-bond acceptors (Lipinski definition) is 3. The summed E-state index contributed by atoms with van der Waals surface area (Å²) in [6.45, 7) is 0. The number of nitrogens with one attached hydrogen (secondary N) is 1. The highest BCUT2D eigenvalue weighted by molar-refractivity contribution is 6.25. The quantitative estimate of drug-likeness (QED) is 0.176.